The molecule has 4 aromatic rings. The first-order chi connectivity index (χ1) is 19.1. The van der Waals surface area contributed by atoms with Crippen LogP contribution in [0.2, 0.25) is 0 Å². The topological polar surface area (TPSA) is 99.7 Å². The van der Waals surface area contributed by atoms with Gasteiger partial charge in [0, 0.05) is 37.4 Å². The third-order valence-corrected chi connectivity index (χ3v) is 10.6. The van der Waals surface area contributed by atoms with Crippen LogP contribution in [0.4, 0.5) is 8.78 Å². The molecule has 206 valence electrons. The quantitative estimate of drug-likeness (QED) is 0.248. The molecule has 0 N–H and O–H groups in total. The summed E-state index contributed by atoms with van der Waals surface area (Å²) in [5.74, 6) is -1.80. The molecule has 1 saturated carbocycles. The Balaban J connectivity index is 1.43. The minimum atomic E-state index is -3.71. The van der Waals surface area contributed by atoms with Crippen LogP contribution in [-0.4, -0.2) is 43.8 Å². The van der Waals surface area contributed by atoms with E-state index in [9.17, 15) is 22.0 Å². The lowest BCUT2D eigenvalue weighted by Crippen LogP contribution is -2.45. The molecular weight excluding hydrogens is 536 g/mol. The van der Waals surface area contributed by atoms with Gasteiger partial charge in [-0.15, -0.1) is 0 Å². The predicted molar refractivity (Wildman–Crippen MR) is 143 cm³/mol. The van der Waals surface area contributed by atoms with E-state index in [0.717, 1.165) is 22.9 Å². The molecule has 0 aliphatic heterocycles. The lowest BCUT2D eigenvalue weighted by Gasteiger charge is -2.45. The first kappa shape index (κ1) is 26.2. The van der Waals surface area contributed by atoms with Gasteiger partial charge < -0.3 is 4.57 Å². The molecule has 1 unspecified atom stereocenters. The summed E-state index contributed by atoms with van der Waals surface area (Å²) in [6, 6.07) is 7.15. The van der Waals surface area contributed by atoms with Gasteiger partial charge in [0.15, 0.2) is 15.6 Å². The number of sulfone groups is 1. The molecule has 6 rings (SSSR count). The number of pyridine rings is 2. The third-order valence-electron chi connectivity index (χ3n) is 8.37. The number of hydrogen-bond donors (Lipinski definition) is 0. The fraction of sp³-hybridized carbons (Fsp3) is 0.310. The van der Waals surface area contributed by atoms with Crippen LogP contribution in [0.5, 0.6) is 0 Å². The van der Waals surface area contributed by atoms with Crippen molar-refractivity contribution >= 4 is 21.7 Å². The summed E-state index contributed by atoms with van der Waals surface area (Å²) in [6.45, 7) is 1.69. The molecule has 11 heteroatoms. The Kier molecular flexibility index (Phi) is 6.29. The summed E-state index contributed by atoms with van der Waals surface area (Å²) in [6.07, 6.45) is 11.0. The van der Waals surface area contributed by atoms with E-state index in [4.69, 9.17) is 0 Å². The first-order valence-corrected chi connectivity index (χ1v) is 14.6. The molecule has 3 atom stereocenters. The largest absolute Gasteiger partial charge is 0.315 e. The Hall–Kier alpha value is -3.99. The van der Waals surface area contributed by atoms with E-state index in [1.807, 2.05) is 22.9 Å². The zero-order chi connectivity index (χ0) is 28.2. The number of nitrogens with zero attached hydrogens (tertiary/aromatic N) is 5. The van der Waals surface area contributed by atoms with E-state index in [0.29, 0.717) is 24.9 Å². The van der Waals surface area contributed by atoms with Gasteiger partial charge in [-0.25, -0.2) is 17.8 Å². The zero-order valence-corrected chi connectivity index (χ0v) is 22.8. The molecule has 1 fully saturated rings. The zero-order valence-electron chi connectivity index (χ0n) is 22.0. The second-order valence-corrected chi connectivity index (χ2v) is 13.0. The summed E-state index contributed by atoms with van der Waals surface area (Å²) >= 11 is 0. The van der Waals surface area contributed by atoms with Gasteiger partial charge >= 0.3 is 0 Å². The van der Waals surface area contributed by atoms with E-state index in [1.54, 1.807) is 20.0 Å². The summed E-state index contributed by atoms with van der Waals surface area (Å²) in [4.78, 5) is 22.3. The Morgan fingerprint density at radius 1 is 1.15 bits per heavy atom. The van der Waals surface area contributed by atoms with Gasteiger partial charge in [-0.3, -0.25) is 14.5 Å². The molecule has 8 nitrogen and oxygen atoms in total. The Labute approximate surface area is 230 Å². The van der Waals surface area contributed by atoms with Gasteiger partial charge in [-0.05, 0) is 74.4 Å². The molecule has 0 bridgehead atoms. The van der Waals surface area contributed by atoms with Crippen molar-refractivity contribution in [1.29, 1.82) is 0 Å². The maximum absolute atomic E-state index is 14.2. The number of hydrogen-bond acceptors (Lipinski definition) is 6. The molecule has 2 aliphatic rings. The van der Waals surface area contributed by atoms with E-state index >= 15 is 0 Å². The highest BCUT2D eigenvalue weighted by Gasteiger charge is 2.51. The third kappa shape index (κ3) is 4.28. The maximum atomic E-state index is 14.2. The summed E-state index contributed by atoms with van der Waals surface area (Å²) in [5.41, 5.74) is 2.20. The smallest absolute Gasteiger partial charge is 0.212 e. The Bertz CT molecular complexity index is 1760. The van der Waals surface area contributed by atoms with Crippen LogP contribution in [0.1, 0.15) is 47.9 Å². The van der Waals surface area contributed by atoms with Crippen LogP contribution >= 0.6 is 0 Å². The van der Waals surface area contributed by atoms with Crippen LogP contribution in [0.15, 0.2) is 71.8 Å². The predicted octanol–water partition coefficient (Wildman–Crippen LogP) is 4.75. The van der Waals surface area contributed by atoms with Crippen molar-refractivity contribution in [2.24, 2.45) is 18.4 Å². The van der Waals surface area contributed by atoms with Crippen LogP contribution in [0.25, 0.3) is 11.8 Å². The SMILES string of the molecule is CC([C@H]1CCC2=Cc3c(ccn3-c3ccc(F)nc3)C[C@]2(C(=O)c2cc(F)ccn2)C1)S(=O)(=O)c1cnn(C)c1. The average molecular weight is 564 g/mol. The molecule has 0 aromatic carbocycles. The van der Waals surface area contributed by atoms with Crippen LogP contribution in [0.3, 0.4) is 0 Å². The average Bonchev–Trinajstić information content (AvgIpc) is 3.57. The number of fused-ring (bicyclic) bond motifs is 2. The van der Waals surface area contributed by atoms with Crippen LogP contribution < -0.4 is 0 Å². The fourth-order valence-electron chi connectivity index (χ4n) is 6.19. The van der Waals surface area contributed by atoms with Gasteiger partial charge in [-0.2, -0.15) is 9.49 Å². The highest BCUT2D eigenvalue weighted by molar-refractivity contribution is 7.92. The molecule has 4 aromatic heterocycles. The van der Waals surface area contributed by atoms with Crippen molar-refractivity contribution in [3.05, 3.63) is 95.6 Å². The van der Waals surface area contributed by atoms with Crippen molar-refractivity contribution in [2.45, 2.75) is 42.8 Å². The molecule has 40 heavy (non-hydrogen) atoms. The molecule has 0 radical (unpaired) electrons. The highest BCUT2D eigenvalue weighted by atomic mass is 32.2. The number of allylic oxidation sites excluding steroid dienone is 1. The first-order valence-electron chi connectivity index (χ1n) is 13.0. The summed E-state index contributed by atoms with van der Waals surface area (Å²) in [7, 11) is -2.05. The maximum Gasteiger partial charge on any atom is 0.212 e. The fourth-order valence-corrected chi connectivity index (χ4v) is 7.85. The van der Waals surface area contributed by atoms with E-state index in [-0.39, 0.29) is 28.7 Å². The number of Topliss-reactive ketones (excluding diaryl/α,β-unsaturated/α-hetero) is 1. The van der Waals surface area contributed by atoms with Gasteiger partial charge in [0.25, 0.3) is 0 Å². The van der Waals surface area contributed by atoms with Crippen molar-refractivity contribution in [3.8, 4) is 5.69 Å². The number of aryl methyl sites for hydroxylation is 1. The van der Waals surface area contributed by atoms with Crippen molar-refractivity contribution in [1.82, 2.24) is 24.3 Å². The van der Waals surface area contributed by atoms with Crippen LogP contribution in [-0.2, 0) is 23.3 Å². The molecule has 4 heterocycles. The Morgan fingerprint density at radius 2 is 1.98 bits per heavy atom. The number of halogens is 2. The van der Waals surface area contributed by atoms with Crippen LogP contribution in [0, 0.1) is 23.1 Å². The van der Waals surface area contributed by atoms with Gasteiger partial charge in [0.2, 0.25) is 5.95 Å². The molecule has 0 spiro atoms. The van der Waals surface area contributed by atoms with Crippen molar-refractivity contribution in [2.75, 3.05) is 0 Å². The highest BCUT2D eigenvalue weighted by Crippen LogP contribution is 2.53. The lowest BCUT2D eigenvalue weighted by atomic mass is 9.58. The van der Waals surface area contributed by atoms with E-state index in [2.05, 4.69) is 15.1 Å². The minimum absolute atomic E-state index is 0.0138. The minimum Gasteiger partial charge on any atom is -0.315 e. The summed E-state index contributed by atoms with van der Waals surface area (Å²) < 4.78 is 58.1. The van der Waals surface area contributed by atoms with E-state index < -0.39 is 32.3 Å². The standard InChI is InChI=1S/C29H27F2N5O3S/c1-18(40(38,39)24-16-34-35(2)17-24)19-3-4-21-11-26-20(8-10-36(26)23-5-6-27(31)33-15-23)14-29(21,13-19)28(37)25-12-22(30)7-9-32-25/h5-12,15-19H,3-4,13-14H2,1-2H3/t18?,19-,29+/m0/s1. The van der Waals surface area contributed by atoms with Gasteiger partial charge in [0.1, 0.15) is 16.4 Å². The van der Waals surface area contributed by atoms with Gasteiger partial charge in [0.05, 0.1) is 28.7 Å². The molecule has 2 aliphatic carbocycles. The number of aromatic nitrogens is 5. The van der Waals surface area contributed by atoms with Gasteiger partial charge in [-0.1, -0.05) is 5.57 Å². The molecule has 0 saturated heterocycles. The molecular formula is C29H27F2N5O3S. The van der Waals surface area contributed by atoms with E-state index in [1.165, 1.54) is 41.6 Å². The number of carbonyl (C=O) groups is 1. The second kappa shape index (κ2) is 9.58. The lowest BCUT2D eigenvalue weighted by molar-refractivity contribution is 0.0753. The number of rotatable bonds is 6. The summed E-state index contributed by atoms with van der Waals surface area (Å²) in [5, 5.41) is 3.26. The number of ketones is 1. The second-order valence-electron chi connectivity index (χ2n) is 10.7. The van der Waals surface area contributed by atoms with Crippen molar-refractivity contribution in [3.63, 3.8) is 0 Å². The number of carbonyl (C=O) groups excluding carboxylic acids is 1. The normalized spacial score (nSPS) is 21.3. The molecule has 0 amide bonds. The van der Waals surface area contributed by atoms with Crippen molar-refractivity contribution < 1.29 is 22.0 Å². The monoisotopic (exact) mass is 563 g/mol. The Morgan fingerprint density at radius 3 is 2.67 bits per heavy atom.